The summed E-state index contributed by atoms with van der Waals surface area (Å²) >= 11 is 1.37. The molecule has 29 heavy (non-hydrogen) atoms. The number of nitrogens with zero attached hydrogens (tertiary/aromatic N) is 5. The van der Waals surface area contributed by atoms with Gasteiger partial charge in [-0.1, -0.05) is 41.7 Å². The Labute approximate surface area is 172 Å². The van der Waals surface area contributed by atoms with Crippen molar-refractivity contribution in [3.63, 3.8) is 0 Å². The highest BCUT2D eigenvalue weighted by atomic mass is 32.1. The standard InChI is InChI=1S/C20H21N7OS/c28-17(20(9-10-20)14-5-2-1-3-6-14)23-19-26-25-18(29-19)22-15-8-12-27(13-15)16-7-4-11-21-24-16/h1-7,11,15H,8-10,12-13H2,(H,22,25)(H,23,26,28)/t15-/m1/s1. The molecule has 1 amide bonds. The maximum absolute atomic E-state index is 12.8. The minimum Gasteiger partial charge on any atom is -0.355 e. The summed E-state index contributed by atoms with van der Waals surface area (Å²) in [5.74, 6) is 0.888. The van der Waals surface area contributed by atoms with Crippen molar-refractivity contribution in [1.29, 1.82) is 0 Å². The van der Waals surface area contributed by atoms with E-state index in [0.29, 0.717) is 5.13 Å². The van der Waals surface area contributed by atoms with Gasteiger partial charge in [0.1, 0.15) is 0 Å². The highest BCUT2D eigenvalue weighted by Gasteiger charge is 2.51. The minimum atomic E-state index is -0.413. The molecule has 9 heteroatoms. The average molecular weight is 408 g/mol. The molecule has 1 aliphatic heterocycles. The topological polar surface area (TPSA) is 95.9 Å². The molecule has 1 aromatic carbocycles. The first kappa shape index (κ1) is 18.0. The Balaban J connectivity index is 1.19. The Bertz CT molecular complexity index is 990. The second-order valence-electron chi connectivity index (χ2n) is 7.47. The third-order valence-electron chi connectivity index (χ3n) is 5.55. The van der Waals surface area contributed by atoms with Crippen LogP contribution in [0.25, 0.3) is 0 Å². The molecule has 1 aliphatic carbocycles. The molecule has 2 N–H and O–H groups in total. The maximum Gasteiger partial charge on any atom is 0.236 e. The number of benzene rings is 1. The molecular formula is C20H21N7OS. The van der Waals surface area contributed by atoms with Crippen LogP contribution in [0.1, 0.15) is 24.8 Å². The average Bonchev–Trinajstić information content (AvgIpc) is 3.26. The second kappa shape index (κ2) is 7.40. The monoisotopic (exact) mass is 407 g/mol. The van der Waals surface area contributed by atoms with Gasteiger partial charge in [0.2, 0.25) is 16.2 Å². The third-order valence-corrected chi connectivity index (χ3v) is 6.32. The van der Waals surface area contributed by atoms with Gasteiger partial charge in [0.25, 0.3) is 0 Å². The van der Waals surface area contributed by atoms with Crippen LogP contribution in [0.3, 0.4) is 0 Å². The van der Waals surface area contributed by atoms with E-state index in [1.54, 1.807) is 6.20 Å². The highest BCUT2D eigenvalue weighted by molar-refractivity contribution is 7.19. The van der Waals surface area contributed by atoms with Crippen molar-refractivity contribution in [2.45, 2.75) is 30.7 Å². The molecule has 148 valence electrons. The van der Waals surface area contributed by atoms with E-state index in [2.05, 4.69) is 35.9 Å². The SMILES string of the molecule is O=C(Nc1nnc(N[C@@H]2CCN(c3cccnn3)C2)s1)C1(c2ccccc2)CC1. The Hall–Kier alpha value is -3.07. The van der Waals surface area contributed by atoms with E-state index in [1.165, 1.54) is 11.3 Å². The lowest BCUT2D eigenvalue weighted by atomic mass is 9.95. The fraction of sp³-hybridized carbons (Fsp3) is 0.350. The number of hydrogen-bond donors (Lipinski definition) is 2. The minimum absolute atomic E-state index is 0.00101. The number of carbonyl (C=O) groups excluding carboxylic acids is 1. The van der Waals surface area contributed by atoms with Crippen molar-refractivity contribution in [3.8, 4) is 0 Å². The number of anilines is 3. The molecule has 2 aromatic heterocycles. The van der Waals surface area contributed by atoms with Gasteiger partial charge < -0.3 is 10.2 Å². The summed E-state index contributed by atoms with van der Waals surface area (Å²) in [6, 6.07) is 14.1. The fourth-order valence-electron chi connectivity index (χ4n) is 3.80. The molecule has 0 radical (unpaired) electrons. The van der Waals surface area contributed by atoms with Crippen LogP contribution >= 0.6 is 11.3 Å². The molecule has 0 spiro atoms. The van der Waals surface area contributed by atoms with E-state index in [1.807, 2.05) is 42.5 Å². The Morgan fingerprint density at radius 3 is 2.66 bits per heavy atom. The van der Waals surface area contributed by atoms with E-state index in [4.69, 9.17) is 0 Å². The summed E-state index contributed by atoms with van der Waals surface area (Å²) in [6.07, 6.45) is 4.39. The van der Waals surface area contributed by atoms with Crippen LogP contribution in [0.2, 0.25) is 0 Å². The van der Waals surface area contributed by atoms with Gasteiger partial charge >= 0.3 is 0 Å². The van der Waals surface area contributed by atoms with Gasteiger partial charge in [-0.15, -0.1) is 15.3 Å². The number of aromatic nitrogens is 4. The van der Waals surface area contributed by atoms with Crippen LogP contribution in [0.4, 0.5) is 16.1 Å². The summed E-state index contributed by atoms with van der Waals surface area (Å²) in [6.45, 7) is 1.75. The van der Waals surface area contributed by atoms with Crippen molar-refractivity contribution in [3.05, 3.63) is 54.2 Å². The molecule has 5 rings (SSSR count). The Morgan fingerprint density at radius 1 is 1.07 bits per heavy atom. The first-order valence-corrected chi connectivity index (χ1v) is 10.5. The van der Waals surface area contributed by atoms with E-state index < -0.39 is 5.41 Å². The largest absolute Gasteiger partial charge is 0.355 e. The van der Waals surface area contributed by atoms with Crippen molar-refractivity contribution in [1.82, 2.24) is 20.4 Å². The smallest absolute Gasteiger partial charge is 0.236 e. The molecular weight excluding hydrogens is 386 g/mol. The molecule has 0 bridgehead atoms. The highest BCUT2D eigenvalue weighted by Crippen LogP contribution is 2.49. The van der Waals surface area contributed by atoms with Gasteiger partial charge in [0.05, 0.1) is 5.41 Å². The first-order valence-electron chi connectivity index (χ1n) is 9.73. The third kappa shape index (κ3) is 3.65. The van der Waals surface area contributed by atoms with E-state index in [9.17, 15) is 4.79 Å². The van der Waals surface area contributed by atoms with Gasteiger partial charge in [-0.25, -0.2) is 0 Å². The van der Waals surface area contributed by atoms with Crippen LogP contribution in [-0.4, -0.2) is 45.4 Å². The van der Waals surface area contributed by atoms with Gasteiger partial charge in [0, 0.05) is 25.3 Å². The van der Waals surface area contributed by atoms with E-state index in [0.717, 1.165) is 48.9 Å². The van der Waals surface area contributed by atoms with E-state index in [-0.39, 0.29) is 11.9 Å². The zero-order valence-electron chi connectivity index (χ0n) is 15.8. The second-order valence-corrected chi connectivity index (χ2v) is 8.45. The first-order chi connectivity index (χ1) is 14.2. The number of hydrogen-bond acceptors (Lipinski definition) is 8. The molecule has 2 aliphatic rings. The number of amides is 1. The van der Waals surface area contributed by atoms with Crippen molar-refractivity contribution >= 4 is 33.3 Å². The molecule has 1 atom stereocenters. The van der Waals surface area contributed by atoms with Gasteiger partial charge in [-0.3, -0.25) is 10.1 Å². The summed E-state index contributed by atoms with van der Waals surface area (Å²) in [5, 5.41) is 24.1. The zero-order valence-corrected chi connectivity index (χ0v) is 16.6. The molecule has 8 nitrogen and oxygen atoms in total. The van der Waals surface area contributed by atoms with Crippen LogP contribution in [0.15, 0.2) is 48.7 Å². The maximum atomic E-state index is 12.8. The molecule has 3 aromatic rings. The quantitative estimate of drug-likeness (QED) is 0.648. The lowest BCUT2D eigenvalue weighted by Crippen LogP contribution is -2.27. The molecule has 0 unspecified atom stereocenters. The van der Waals surface area contributed by atoms with Crippen LogP contribution in [0, 0.1) is 0 Å². The lowest BCUT2D eigenvalue weighted by molar-refractivity contribution is -0.118. The van der Waals surface area contributed by atoms with Crippen molar-refractivity contribution in [2.24, 2.45) is 0 Å². The summed E-state index contributed by atoms with van der Waals surface area (Å²) in [5.41, 5.74) is 0.652. The molecule has 2 fully saturated rings. The summed E-state index contributed by atoms with van der Waals surface area (Å²) in [4.78, 5) is 15.0. The molecule has 1 saturated carbocycles. The number of rotatable bonds is 6. The van der Waals surface area contributed by atoms with Gasteiger partial charge in [-0.2, -0.15) is 5.10 Å². The van der Waals surface area contributed by atoms with Crippen LogP contribution in [-0.2, 0) is 10.2 Å². The normalized spacial score (nSPS) is 19.7. The summed E-state index contributed by atoms with van der Waals surface area (Å²) in [7, 11) is 0. The van der Waals surface area contributed by atoms with Crippen LogP contribution in [0.5, 0.6) is 0 Å². The molecule has 1 saturated heterocycles. The van der Waals surface area contributed by atoms with Gasteiger partial charge in [0.15, 0.2) is 5.82 Å². The van der Waals surface area contributed by atoms with Gasteiger partial charge in [-0.05, 0) is 37.0 Å². The Kier molecular flexibility index (Phi) is 4.59. The Morgan fingerprint density at radius 2 is 1.90 bits per heavy atom. The lowest BCUT2D eigenvalue weighted by Gasteiger charge is -2.16. The molecule has 3 heterocycles. The predicted octanol–water partition coefficient (Wildman–Crippen LogP) is 2.69. The number of nitrogens with one attached hydrogen (secondary N) is 2. The van der Waals surface area contributed by atoms with Crippen molar-refractivity contribution in [2.75, 3.05) is 28.6 Å². The fourth-order valence-corrected chi connectivity index (χ4v) is 4.52. The predicted molar refractivity (Wildman–Crippen MR) is 112 cm³/mol. The van der Waals surface area contributed by atoms with Crippen LogP contribution < -0.4 is 15.5 Å². The van der Waals surface area contributed by atoms with Crippen molar-refractivity contribution < 1.29 is 4.79 Å². The zero-order chi connectivity index (χ0) is 19.7. The number of carbonyl (C=O) groups is 1. The summed E-state index contributed by atoms with van der Waals surface area (Å²) < 4.78 is 0. The van der Waals surface area contributed by atoms with E-state index >= 15 is 0 Å².